The Balaban J connectivity index is 1.28. The first kappa shape index (κ1) is 17.4. The summed E-state index contributed by atoms with van der Waals surface area (Å²) < 4.78 is 11.7. The lowest BCUT2D eigenvalue weighted by Gasteiger charge is -2.29. The van der Waals surface area contributed by atoms with E-state index in [1.165, 1.54) is 24.1 Å². The molecule has 3 aliphatic heterocycles. The van der Waals surface area contributed by atoms with Crippen LogP contribution in [-0.4, -0.2) is 55.4 Å². The molecule has 3 saturated heterocycles. The molecule has 6 nitrogen and oxygen atoms in total. The molecule has 6 heteroatoms. The third-order valence-corrected chi connectivity index (χ3v) is 6.99. The minimum atomic E-state index is -0.0410. The Bertz CT molecular complexity index is 739. The highest BCUT2D eigenvalue weighted by atomic mass is 16.5. The Labute approximate surface area is 160 Å². The van der Waals surface area contributed by atoms with Crippen LogP contribution in [0.4, 0.5) is 5.82 Å². The molecule has 1 aromatic rings. The Hall–Kier alpha value is -1.66. The molecule has 0 unspecified atom stereocenters. The predicted molar refractivity (Wildman–Crippen MR) is 102 cm³/mol. The lowest BCUT2D eigenvalue weighted by molar-refractivity contribution is -0.125. The van der Waals surface area contributed by atoms with Gasteiger partial charge in [0.1, 0.15) is 12.4 Å². The van der Waals surface area contributed by atoms with Crippen LogP contribution in [0.2, 0.25) is 0 Å². The minimum Gasteiger partial charge on any atom is -0.372 e. The number of hydrogen-bond donors (Lipinski definition) is 1. The minimum absolute atomic E-state index is 0.0242. The van der Waals surface area contributed by atoms with Gasteiger partial charge in [-0.15, -0.1) is 0 Å². The number of fused-ring (bicyclic) bond motifs is 2. The van der Waals surface area contributed by atoms with Gasteiger partial charge in [-0.25, -0.2) is 4.98 Å². The summed E-state index contributed by atoms with van der Waals surface area (Å²) in [6.07, 6.45) is 6.04. The van der Waals surface area contributed by atoms with Gasteiger partial charge in [0.15, 0.2) is 0 Å². The van der Waals surface area contributed by atoms with E-state index in [0.717, 1.165) is 38.2 Å². The van der Waals surface area contributed by atoms with Crippen LogP contribution < -0.4 is 10.2 Å². The molecule has 27 heavy (non-hydrogen) atoms. The van der Waals surface area contributed by atoms with E-state index in [2.05, 4.69) is 22.3 Å². The summed E-state index contributed by atoms with van der Waals surface area (Å²) in [4.78, 5) is 19.3. The molecule has 1 amide bonds. The van der Waals surface area contributed by atoms with Crippen molar-refractivity contribution in [3.8, 4) is 0 Å². The maximum absolute atomic E-state index is 12.0. The normalized spacial score (nSPS) is 33.4. The standard InChI is InChI=1S/C21H29N3O3/c1-2-26-12-20(25)22-10-15-16-11-24(13-21(16)9-8-18(15)27-21)19-7-6-14-4-3-5-17(14)23-19/h6-7,15-16,18H,2-5,8-13H2,1H3,(H,22,25)/t15-,16+,18+,21+/m0/s1. The lowest BCUT2D eigenvalue weighted by Crippen LogP contribution is -2.42. The van der Waals surface area contributed by atoms with Crippen LogP contribution >= 0.6 is 0 Å². The van der Waals surface area contributed by atoms with E-state index in [9.17, 15) is 4.79 Å². The molecule has 4 aliphatic rings. The summed E-state index contributed by atoms with van der Waals surface area (Å²) in [5.41, 5.74) is 2.66. The third-order valence-electron chi connectivity index (χ3n) is 6.99. The summed E-state index contributed by atoms with van der Waals surface area (Å²) in [5.74, 6) is 1.94. The van der Waals surface area contributed by atoms with Crippen molar-refractivity contribution in [1.29, 1.82) is 0 Å². The SMILES string of the molecule is CCOCC(=O)NC[C@H]1[C@H]2CN(c3ccc4c(n3)CCC4)C[C@]23CC[C@H]1O3. The van der Waals surface area contributed by atoms with Crippen LogP contribution in [0.1, 0.15) is 37.4 Å². The summed E-state index contributed by atoms with van der Waals surface area (Å²) in [5, 5.41) is 3.06. The zero-order valence-electron chi connectivity index (χ0n) is 16.1. The maximum Gasteiger partial charge on any atom is 0.246 e. The van der Waals surface area contributed by atoms with Crippen LogP contribution in [0.25, 0.3) is 0 Å². The zero-order chi connectivity index (χ0) is 18.4. The van der Waals surface area contributed by atoms with E-state index in [0.29, 0.717) is 25.0 Å². The van der Waals surface area contributed by atoms with Crippen LogP contribution in [0.5, 0.6) is 0 Å². The highest BCUT2D eigenvalue weighted by Crippen LogP contribution is 2.55. The Kier molecular flexibility index (Phi) is 4.36. The first-order valence-corrected chi connectivity index (χ1v) is 10.4. The fraction of sp³-hybridized carbons (Fsp3) is 0.714. The number of amides is 1. The zero-order valence-corrected chi connectivity index (χ0v) is 16.1. The number of carbonyl (C=O) groups is 1. The number of nitrogens with one attached hydrogen (secondary N) is 1. The van der Waals surface area contributed by atoms with Gasteiger partial charge >= 0.3 is 0 Å². The predicted octanol–water partition coefficient (Wildman–Crippen LogP) is 1.71. The van der Waals surface area contributed by atoms with Gasteiger partial charge in [-0.3, -0.25) is 4.79 Å². The van der Waals surface area contributed by atoms with Crippen molar-refractivity contribution < 1.29 is 14.3 Å². The monoisotopic (exact) mass is 371 g/mol. The highest BCUT2D eigenvalue weighted by molar-refractivity contribution is 5.77. The Morgan fingerprint density at radius 1 is 1.44 bits per heavy atom. The van der Waals surface area contributed by atoms with Gasteiger partial charge in [0.2, 0.25) is 5.91 Å². The number of carbonyl (C=O) groups excluding carboxylic acids is 1. The molecule has 1 aliphatic carbocycles. The molecule has 5 rings (SSSR count). The van der Waals surface area contributed by atoms with Gasteiger partial charge in [-0.2, -0.15) is 0 Å². The van der Waals surface area contributed by atoms with E-state index in [1.807, 2.05) is 6.92 Å². The van der Waals surface area contributed by atoms with Gasteiger partial charge in [-0.1, -0.05) is 6.07 Å². The van der Waals surface area contributed by atoms with E-state index in [-0.39, 0.29) is 24.2 Å². The number of pyridine rings is 1. The first-order chi connectivity index (χ1) is 13.2. The molecule has 146 valence electrons. The van der Waals surface area contributed by atoms with Crippen molar-refractivity contribution in [3.63, 3.8) is 0 Å². The molecule has 1 spiro atoms. The van der Waals surface area contributed by atoms with Crippen molar-refractivity contribution in [2.75, 3.05) is 37.7 Å². The molecule has 0 radical (unpaired) electrons. The lowest BCUT2D eigenvalue weighted by atomic mass is 9.73. The number of nitrogens with zero attached hydrogens (tertiary/aromatic N) is 2. The van der Waals surface area contributed by atoms with Crippen molar-refractivity contribution in [1.82, 2.24) is 10.3 Å². The maximum atomic E-state index is 12.0. The topological polar surface area (TPSA) is 63.7 Å². The number of hydrogen-bond acceptors (Lipinski definition) is 5. The molecule has 0 aromatic carbocycles. The van der Waals surface area contributed by atoms with Crippen molar-refractivity contribution in [2.45, 2.75) is 50.7 Å². The number of anilines is 1. The van der Waals surface area contributed by atoms with Gasteiger partial charge in [0.25, 0.3) is 0 Å². The largest absolute Gasteiger partial charge is 0.372 e. The number of aryl methyl sites for hydroxylation is 2. The molecule has 0 saturated carbocycles. The second-order valence-corrected chi connectivity index (χ2v) is 8.48. The first-order valence-electron chi connectivity index (χ1n) is 10.4. The smallest absolute Gasteiger partial charge is 0.246 e. The Morgan fingerprint density at radius 3 is 3.26 bits per heavy atom. The average Bonchev–Trinajstić information content (AvgIpc) is 3.43. The van der Waals surface area contributed by atoms with Gasteiger partial charge in [0, 0.05) is 43.8 Å². The number of aromatic nitrogens is 1. The van der Waals surface area contributed by atoms with Crippen molar-refractivity contribution in [2.24, 2.45) is 11.8 Å². The second-order valence-electron chi connectivity index (χ2n) is 8.48. The third kappa shape index (κ3) is 2.93. The second kappa shape index (κ2) is 6.74. The quantitative estimate of drug-likeness (QED) is 0.825. The van der Waals surface area contributed by atoms with Crippen LogP contribution in [0.3, 0.4) is 0 Å². The highest BCUT2D eigenvalue weighted by Gasteiger charge is 2.63. The van der Waals surface area contributed by atoms with E-state index >= 15 is 0 Å². The molecular formula is C21H29N3O3. The summed E-state index contributed by atoms with van der Waals surface area (Å²) in [6.45, 7) is 5.22. The van der Waals surface area contributed by atoms with E-state index < -0.39 is 0 Å². The molecule has 1 N–H and O–H groups in total. The Morgan fingerprint density at radius 2 is 2.37 bits per heavy atom. The van der Waals surface area contributed by atoms with Crippen LogP contribution in [0.15, 0.2) is 12.1 Å². The molecule has 1 aromatic heterocycles. The van der Waals surface area contributed by atoms with E-state index in [1.54, 1.807) is 0 Å². The summed E-state index contributed by atoms with van der Waals surface area (Å²) >= 11 is 0. The van der Waals surface area contributed by atoms with Crippen molar-refractivity contribution >= 4 is 11.7 Å². The molecule has 4 atom stereocenters. The van der Waals surface area contributed by atoms with Gasteiger partial charge < -0.3 is 19.7 Å². The summed E-state index contributed by atoms with van der Waals surface area (Å²) in [7, 11) is 0. The van der Waals surface area contributed by atoms with Crippen molar-refractivity contribution in [3.05, 3.63) is 23.4 Å². The average molecular weight is 371 g/mol. The van der Waals surface area contributed by atoms with Crippen LogP contribution in [0, 0.1) is 11.8 Å². The summed E-state index contributed by atoms with van der Waals surface area (Å²) in [6, 6.07) is 4.45. The fourth-order valence-electron chi connectivity index (χ4n) is 5.70. The number of ether oxygens (including phenoxy) is 2. The number of rotatable bonds is 6. The molecule has 2 bridgehead atoms. The fourth-order valence-corrected chi connectivity index (χ4v) is 5.70. The van der Waals surface area contributed by atoms with Gasteiger partial charge in [-0.05, 0) is 50.7 Å². The van der Waals surface area contributed by atoms with Crippen LogP contribution in [-0.2, 0) is 27.1 Å². The molecule has 3 fully saturated rings. The van der Waals surface area contributed by atoms with E-state index in [4.69, 9.17) is 14.5 Å². The molecular weight excluding hydrogens is 342 g/mol. The molecule has 4 heterocycles. The van der Waals surface area contributed by atoms with Gasteiger partial charge in [0.05, 0.1) is 11.7 Å².